The molecular formula is C19H18F2N4O3S2. The number of nitrogens with one attached hydrogen (secondary N) is 2. The van der Waals surface area contributed by atoms with Crippen LogP contribution >= 0.6 is 11.3 Å². The molecule has 158 valence electrons. The zero-order valence-corrected chi connectivity index (χ0v) is 17.3. The number of halogens is 2. The number of carbonyl (C=O) groups is 1. The van der Waals surface area contributed by atoms with E-state index in [2.05, 4.69) is 15.8 Å². The number of sulfonamides is 1. The van der Waals surface area contributed by atoms with Gasteiger partial charge in [0.25, 0.3) is 5.91 Å². The number of amides is 1. The monoisotopic (exact) mass is 452 g/mol. The summed E-state index contributed by atoms with van der Waals surface area (Å²) in [6.07, 6.45) is 2.70. The van der Waals surface area contributed by atoms with Crippen LogP contribution in [0.5, 0.6) is 0 Å². The summed E-state index contributed by atoms with van der Waals surface area (Å²) >= 11 is 0.983. The lowest BCUT2D eigenvalue weighted by atomic mass is 10.2. The molecule has 0 spiro atoms. The normalized spacial score (nSPS) is 15.3. The lowest BCUT2D eigenvalue weighted by molar-refractivity contribution is 0.0962. The average Bonchev–Trinajstić information content (AvgIpc) is 3.16. The minimum atomic E-state index is -3.57. The van der Waals surface area contributed by atoms with Crippen molar-refractivity contribution in [1.82, 2.24) is 14.7 Å². The molecule has 2 N–H and O–H groups in total. The molecule has 0 saturated carbocycles. The molecule has 7 nitrogen and oxygen atoms in total. The largest absolute Gasteiger partial charge is 0.273 e. The molecule has 0 aliphatic carbocycles. The van der Waals surface area contributed by atoms with E-state index in [1.165, 1.54) is 28.6 Å². The van der Waals surface area contributed by atoms with Gasteiger partial charge in [-0.3, -0.25) is 15.6 Å². The Morgan fingerprint density at radius 3 is 2.47 bits per heavy atom. The highest BCUT2D eigenvalue weighted by atomic mass is 32.2. The Balaban J connectivity index is 1.43. The van der Waals surface area contributed by atoms with E-state index in [0.29, 0.717) is 17.8 Å². The lowest BCUT2D eigenvalue weighted by Crippen LogP contribution is -2.35. The van der Waals surface area contributed by atoms with Crippen molar-refractivity contribution in [2.75, 3.05) is 18.5 Å². The summed E-state index contributed by atoms with van der Waals surface area (Å²) in [4.78, 5) is 16.4. The van der Waals surface area contributed by atoms with Gasteiger partial charge in [0.05, 0.1) is 9.60 Å². The van der Waals surface area contributed by atoms with Crippen molar-refractivity contribution in [1.29, 1.82) is 0 Å². The fraction of sp³-hybridized carbons (Fsp3) is 0.263. The highest BCUT2D eigenvalue weighted by molar-refractivity contribution is 7.89. The molecule has 1 amide bonds. The van der Waals surface area contributed by atoms with Gasteiger partial charge < -0.3 is 0 Å². The first kappa shape index (κ1) is 20.6. The zero-order chi connectivity index (χ0) is 21.3. The fourth-order valence-corrected chi connectivity index (χ4v) is 5.60. The molecule has 3 aromatic rings. The molecule has 4 rings (SSSR count). The summed E-state index contributed by atoms with van der Waals surface area (Å²) in [5.41, 5.74) is 5.22. The smallest absolute Gasteiger partial charge is 0.269 e. The maximum absolute atomic E-state index is 13.7. The minimum absolute atomic E-state index is 0.00502. The van der Waals surface area contributed by atoms with Crippen LogP contribution in [0.4, 0.5) is 13.9 Å². The molecule has 0 bridgehead atoms. The first-order valence-corrected chi connectivity index (χ1v) is 11.5. The third kappa shape index (κ3) is 4.13. The number of aromatic nitrogens is 1. The van der Waals surface area contributed by atoms with Gasteiger partial charge in [-0.25, -0.2) is 22.2 Å². The van der Waals surface area contributed by atoms with Crippen LogP contribution in [0.25, 0.3) is 10.2 Å². The number of hydrogen-bond acceptors (Lipinski definition) is 6. The Morgan fingerprint density at radius 1 is 1.07 bits per heavy atom. The predicted molar refractivity (Wildman–Crippen MR) is 110 cm³/mol. The number of benzene rings is 2. The van der Waals surface area contributed by atoms with Crippen LogP contribution in [0.15, 0.2) is 41.3 Å². The third-order valence-corrected chi connectivity index (χ3v) is 7.60. The highest BCUT2D eigenvalue weighted by Crippen LogP contribution is 2.28. The predicted octanol–water partition coefficient (Wildman–Crippen LogP) is 3.51. The van der Waals surface area contributed by atoms with E-state index in [-0.39, 0.29) is 21.1 Å². The van der Waals surface area contributed by atoms with Crippen molar-refractivity contribution in [2.24, 2.45) is 0 Å². The molecule has 1 saturated heterocycles. The van der Waals surface area contributed by atoms with Crippen molar-refractivity contribution in [2.45, 2.75) is 24.2 Å². The molecule has 11 heteroatoms. The number of rotatable bonds is 5. The second-order valence-electron chi connectivity index (χ2n) is 6.82. The number of carbonyl (C=O) groups excluding carboxylic acids is 1. The molecule has 0 atom stereocenters. The molecule has 30 heavy (non-hydrogen) atoms. The van der Waals surface area contributed by atoms with Gasteiger partial charge >= 0.3 is 0 Å². The van der Waals surface area contributed by atoms with Crippen LogP contribution < -0.4 is 10.9 Å². The fourth-order valence-electron chi connectivity index (χ4n) is 3.23. The number of hydrazine groups is 1. The van der Waals surface area contributed by atoms with Gasteiger partial charge in [0.2, 0.25) is 15.2 Å². The summed E-state index contributed by atoms with van der Waals surface area (Å²) in [5, 5.41) is 0.187. The van der Waals surface area contributed by atoms with Crippen LogP contribution in [0.2, 0.25) is 0 Å². The maximum atomic E-state index is 13.7. The maximum Gasteiger partial charge on any atom is 0.269 e. The van der Waals surface area contributed by atoms with Gasteiger partial charge in [0, 0.05) is 24.7 Å². The molecule has 2 heterocycles. The topological polar surface area (TPSA) is 91.4 Å². The Labute approximate surface area is 175 Å². The van der Waals surface area contributed by atoms with E-state index in [9.17, 15) is 22.0 Å². The van der Waals surface area contributed by atoms with E-state index in [1.54, 1.807) is 0 Å². The van der Waals surface area contributed by atoms with E-state index >= 15 is 0 Å². The van der Waals surface area contributed by atoms with Gasteiger partial charge in [-0.2, -0.15) is 4.31 Å². The summed E-state index contributed by atoms with van der Waals surface area (Å²) in [6, 6.07) is 7.53. The van der Waals surface area contributed by atoms with Crippen molar-refractivity contribution in [3.63, 3.8) is 0 Å². The van der Waals surface area contributed by atoms with Crippen molar-refractivity contribution in [3.8, 4) is 0 Å². The number of anilines is 1. The summed E-state index contributed by atoms with van der Waals surface area (Å²) < 4.78 is 54.1. The molecule has 0 unspecified atom stereocenters. The Morgan fingerprint density at radius 2 is 1.77 bits per heavy atom. The average molecular weight is 453 g/mol. The van der Waals surface area contributed by atoms with Gasteiger partial charge in [0.1, 0.15) is 11.3 Å². The Kier molecular flexibility index (Phi) is 5.67. The SMILES string of the molecule is O=C(NNc1nc2c(F)cc(F)cc2s1)c1ccc(S(=O)(=O)N2CCCCC2)cc1. The van der Waals surface area contributed by atoms with Crippen molar-refractivity contribution in [3.05, 3.63) is 53.6 Å². The summed E-state index contributed by atoms with van der Waals surface area (Å²) in [5.74, 6) is -2.02. The van der Waals surface area contributed by atoms with E-state index < -0.39 is 27.6 Å². The van der Waals surface area contributed by atoms with Gasteiger partial charge in [-0.05, 0) is 43.2 Å². The highest BCUT2D eigenvalue weighted by Gasteiger charge is 2.26. The molecule has 2 aromatic carbocycles. The summed E-state index contributed by atoms with van der Waals surface area (Å²) in [7, 11) is -3.57. The van der Waals surface area contributed by atoms with Crippen molar-refractivity contribution >= 4 is 42.6 Å². The van der Waals surface area contributed by atoms with Crippen LogP contribution in [0.1, 0.15) is 29.6 Å². The number of fused-ring (bicyclic) bond motifs is 1. The molecule has 1 fully saturated rings. The second-order valence-corrected chi connectivity index (χ2v) is 9.79. The van der Waals surface area contributed by atoms with E-state index in [4.69, 9.17) is 0 Å². The number of hydrogen-bond donors (Lipinski definition) is 2. The van der Waals surface area contributed by atoms with Gasteiger partial charge in [0.15, 0.2) is 5.82 Å². The van der Waals surface area contributed by atoms with Gasteiger partial charge in [-0.15, -0.1) is 0 Å². The number of nitrogens with zero attached hydrogens (tertiary/aromatic N) is 2. The minimum Gasteiger partial charge on any atom is -0.273 e. The van der Waals surface area contributed by atoms with Crippen LogP contribution in [-0.2, 0) is 10.0 Å². The first-order valence-electron chi connectivity index (χ1n) is 9.27. The van der Waals surface area contributed by atoms with E-state index in [1.807, 2.05) is 0 Å². The molecule has 1 aliphatic heterocycles. The molecular weight excluding hydrogens is 434 g/mol. The van der Waals surface area contributed by atoms with Crippen LogP contribution in [-0.4, -0.2) is 36.7 Å². The molecule has 1 aromatic heterocycles. The Hall–Kier alpha value is -2.63. The molecule has 0 radical (unpaired) electrons. The molecule has 1 aliphatic rings. The number of thiazole rings is 1. The first-order chi connectivity index (χ1) is 14.3. The lowest BCUT2D eigenvalue weighted by Gasteiger charge is -2.25. The summed E-state index contributed by atoms with van der Waals surface area (Å²) in [6.45, 7) is 1.00. The Bertz CT molecular complexity index is 1190. The third-order valence-electron chi connectivity index (χ3n) is 4.77. The number of piperidine rings is 1. The second kappa shape index (κ2) is 8.25. The van der Waals surface area contributed by atoms with E-state index in [0.717, 1.165) is 42.7 Å². The zero-order valence-electron chi connectivity index (χ0n) is 15.7. The quantitative estimate of drug-likeness (QED) is 0.578. The van der Waals surface area contributed by atoms with Crippen LogP contribution in [0.3, 0.4) is 0 Å². The van der Waals surface area contributed by atoms with Crippen LogP contribution in [0, 0.1) is 11.6 Å². The van der Waals surface area contributed by atoms with Gasteiger partial charge in [-0.1, -0.05) is 17.8 Å². The standard InChI is InChI=1S/C19H18F2N4O3S2/c20-13-10-15(21)17-16(11-13)29-19(22-17)24-23-18(26)12-4-6-14(7-5-12)30(27,28)25-8-2-1-3-9-25/h4-7,10-11H,1-3,8-9H2,(H,22,24)(H,23,26). The van der Waals surface area contributed by atoms with Crippen molar-refractivity contribution < 1.29 is 22.0 Å².